The first-order valence-electron chi connectivity index (χ1n) is 6.02. The van der Waals surface area contributed by atoms with Crippen molar-refractivity contribution in [1.82, 2.24) is 14.7 Å². The Kier molecular flexibility index (Phi) is 6.17. The third-order valence-electron chi connectivity index (χ3n) is 2.99. The monoisotopic (exact) mass is 214 g/mol. The lowest BCUT2D eigenvalue weighted by Crippen LogP contribution is -2.48. The predicted molar refractivity (Wildman–Crippen MR) is 65.1 cm³/mol. The molecule has 0 aromatic rings. The zero-order valence-electron chi connectivity index (χ0n) is 10.3. The Hall–Kier alpha value is -0.160. The highest BCUT2D eigenvalue weighted by molar-refractivity contribution is 4.72. The molecule has 0 atom stereocenters. The van der Waals surface area contributed by atoms with E-state index < -0.39 is 0 Å². The molecule has 4 nitrogen and oxygen atoms in total. The van der Waals surface area contributed by atoms with E-state index in [4.69, 9.17) is 5.73 Å². The molecule has 0 aliphatic carbocycles. The molecule has 0 aromatic carbocycles. The molecular formula is C11H26N4. The van der Waals surface area contributed by atoms with Crippen LogP contribution in [0.2, 0.25) is 0 Å². The van der Waals surface area contributed by atoms with Gasteiger partial charge in [-0.25, -0.2) is 0 Å². The van der Waals surface area contributed by atoms with E-state index in [9.17, 15) is 0 Å². The Morgan fingerprint density at radius 2 is 1.53 bits per heavy atom. The van der Waals surface area contributed by atoms with Crippen LogP contribution in [0.25, 0.3) is 0 Å². The Bertz CT molecular complexity index is 153. The highest BCUT2D eigenvalue weighted by Crippen LogP contribution is 2.01. The highest BCUT2D eigenvalue weighted by Gasteiger charge is 2.15. The van der Waals surface area contributed by atoms with E-state index in [-0.39, 0.29) is 0 Å². The maximum Gasteiger partial charge on any atom is 0.0110 e. The third-order valence-corrected chi connectivity index (χ3v) is 2.99. The highest BCUT2D eigenvalue weighted by atomic mass is 15.3. The van der Waals surface area contributed by atoms with Gasteiger partial charge < -0.3 is 15.5 Å². The fourth-order valence-corrected chi connectivity index (χ4v) is 2.03. The molecule has 0 saturated carbocycles. The summed E-state index contributed by atoms with van der Waals surface area (Å²) < 4.78 is 0. The molecule has 1 fully saturated rings. The molecule has 1 saturated heterocycles. The summed E-state index contributed by atoms with van der Waals surface area (Å²) in [6, 6.07) is 0. The molecule has 15 heavy (non-hydrogen) atoms. The van der Waals surface area contributed by atoms with E-state index in [0.717, 1.165) is 13.1 Å². The van der Waals surface area contributed by atoms with Gasteiger partial charge in [0.25, 0.3) is 0 Å². The predicted octanol–water partition coefficient (Wildman–Crippen LogP) is -0.486. The molecule has 0 bridgehead atoms. The number of rotatable bonds is 6. The lowest BCUT2D eigenvalue weighted by molar-refractivity contribution is 0.131. The Labute approximate surface area is 94.0 Å². The molecule has 0 spiro atoms. The zero-order valence-corrected chi connectivity index (χ0v) is 10.3. The van der Waals surface area contributed by atoms with Crippen LogP contribution in [0.15, 0.2) is 0 Å². The average molecular weight is 214 g/mol. The van der Waals surface area contributed by atoms with Crippen molar-refractivity contribution in [2.24, 2.45) is 5.73 Å². The first kappa shape index (κ1) is 12.9. The van der Waals surface area contributed by atoms with E-state index in [1.165, 1.54) is 45.7 Å². The largest absolute Gasteiger partial charge is 0.329 e. The van der Waals surface area contributed by atoms with Gasteiger partial charge in [0.05, 0.1) is 0 Å². The van der Waals surface area contributed by atoms with E-state index in [1.54, 1.807) is 0 Å². The van der Waals surface area contributed by atoms with Crippen LogP contribution in [0.5, 0.6) is 0 Å². The lowest BCUT2D eigenvalue weighted by atomic mass is 10.3. The summed E-state index contributed by atoms with van der Waals surface area (Å²) >= 11 is 0. The Morgan fingerprint density at radius 1 is 1.00 bits per heavy atom. The summed E-state index contributed by atoms with van der Waals surface area (Å²) in [6.07, 6.45) is 1.28. The van der Waals surface area contributed by atoms with E-state index in [1.807, 2.05) is 0 Å². The van der Waals surface area contributed by atoms with Crippen LogP contribution in [-0.2, 0) is 0 Å². The molecule has 1 aliphatic heterocycles. The average Bonchev–Trinajstić information content (AvgIpc) is 2.20. The number of piperazine rings is 1. The van der Waals surface area contributed by atoms with Gasteiger partial charge in [-0.3, -0.25) is 4.90 Å². The van der Waals surface area contributed by atoms with Crippen molar-refractivity contribution >= 4 is 0 Å². The first-order valence-corrected chi connectivity index (χ1v) is 6.02. The minimum Gasteiger partial charge on any atom is -0.329 e. The van der Waals surface area contributed by atoms with Crippen molar-refractivity contribution in [3.05, 3.63) is 0 Å². The quantitative estimate of drug-likeness (QED) is 0.647. The van der Waals surface area contributed by atoms with Crippen molar-refractivity contribution in [1.29, 1.82) is 0 Å². The van der Waals surface area contributed by atoms with Crippen molar-refractivity contribution < 1.29 is 0 Å². The minimum atomic E-state index is 0.792. The van der Waals surface area contributed by atoms with E-state index >= 15 is 0 Å². The molecule has 90 valence electrons. The summed E-state index contributed by atoms with van der Waals surface area (Å²) in [4.78, 5) is 7.28. The lowest BCUT2D eigenvalue weighted by Gasteiger charge is -2.34. The maximum atomic E-state index is 5.55. The summed E-state index contributed by atoms with van der Waals surface area (Å²) in [6.45, 7) is 9.11. The van der Waals surface area contributed by atoms with Crippen molar-refractivity contribution in [2.75, 3.05) is 66.5 Å². The molecule has 2 N–H and O–H groups in total. The molecule has 0 radical (unpaired) electrons. The van der Waals surface area contributed by atoms with Gasteiger partial charge in [-0.05, 0) is 33.6 Å². The van der Waals surface area contributed by atoms with Crippen molar-refractivity contribution in [3.8, 4) is 0 Å². The number of hydrogen-bond acceptors (Lipinski definition) is 4. The second kappa shape index (κ2) is 7.17. The minimum absolute atomic E-state index is 0.792. The van der Waals surface area contributed by atoms with E-state index in [2.05, 4.69) is 28.8 Å². The SMILES string of the molecule is CN(C)CCCN1CCN(CCN)CC1. The van der Waals surface area contributed by atoms with Gasteiger partial charge >= 0.3 is 0 Å². The number of nitrogens with zero attached hydrogens (tertiary/aromatic N) is 3. The standard InChI is InChI=1S/C11H26N4/c1-13(2)5-3-6-14-8-10-15(7-4-12)11-9-14/h3-12H2,1-2H3. The van der Waals surface area contributed by atoms with Crippen LogP contribution < -0.4 is 5.73 Å². The van der Waals surface area contributed by atoms with Gasteiger partial charge in [-0.15, -0.1) is 0 Å². The van der Waals surface area contributed by atoms with Gasteiger partial charge in [-0.1, -0.05) is 0 Å². The van der Waals surface area contributed by atoms with Gasteiger partial charge in [0.15, 0.2) is 0 Å². The Balaban J connectivity index is 2.04. The molecular weight excluding hydrogens is 188 g/mol. The molecule has 0 aromatic heterocycles. The van der Waals surface area contributed by atoms with Crippen LogP contribution in [0, 0.1) is 0 Å². The number of nitrogens with two attached hydrogens (primary N) is 1. The summed E-state index contributed by atoms with van der Waals surface area (Å²) in [7, 11) is 4.28. The smallest absolute Gasteiger partial charge is 0.0110 e. The normalized spacial score (nSPS) is 20.0. The van der Waals surface area contributed by atoms with Gasteiger partial charge in [0.1, 0.15) is 0 Å². The topological polar surface area (TPSA) is 35.7 Å². The fraction of sp³-hybridized carbons (Fsp3) is 1.00. The molecule has 4 heteroatoms. The van der Waals surface area contributed by atoms with Gasteiger partial charge in [0, 0.05) is 39.3 Å². The molecule has 0 unspecified atom stereocenters. The van der Waals surface area contributed by atoms with E-state index in [0.29, 0.717) is 0 Å². The van der Waals surface area contributed by atoms with Crippen LogP contribution >= 0.6 is 0 Å². The fourth-order valence-electron chi connectivity index (χ4n) is 2.03. The third kappa shape index (κ3) is 5.47. The second-order valence-electron chi connectivity index (χ2n) is 4.63. The molecule has 0 amide bonds. The molecule has 1 aliphatic rings. The van der Waals surface area contributed by atoms with Crippen LogP contribution in [-0.4, -0.2) is 81.2 Å². The molecule has 1 rings (SSSR count). The van der Waals surface area contributed by atoms with Gasteiger partial charge in [-0.2, -0.15) is 0 Å². The number of hydrogen-bond donors (Lipinski definition) is 1. The van der Waals surface area contributed by atoms with Gasteiger partial charge in [0.2, 0.25) is 0 Å². The molecule has 1 heterocycles. The first-order chi connectivity index (χ1) is 7.22. The summed E-state index contributed by atoms with van der Waals surface area (Å²) in [5, 5.41) is 0. The Morgan fingerprint density at radius 3 is 2.00 bits per heavy atom. The zero-order chi connectivity index (χ0) is 11.1. The van der Waals surface area contributed by atoms with Crippen molar-refractivity contribution in [3.63, 3.8) is 0 Å². The van der Waals surface area contributed by atoms with Crippen molar-refractivity contribution in [2.45, 2.75) is 6.42 Å². The summed E-state index contributed by atoms with van der Waals surface area (Å²) in [5.74, 6) is 0. The second-order valence-corrected chi connectivity index (χ2v) is 4.63. The van der Waals surface area contributed by atoms with Crippen LogP contribution in [0.4, 0.5) is 0 Å². The van der Waals surface area contributed by atoms with Crippen LogP contribution in [0.1, 0.15) is 6.42 Å². The summed E-state index contributed by atoms with van der Waals surface area (Å²) in [5.41, 5.74) is 5.55. The van der Waals surface area contributed by atoms with Crippen LogP contribution in [0.3, 0.4) is 0 Å². The maximum absolute atomic E-state index is 5.55.